The van der Waals surface area contributed by atoms with Gasteiger partial charge in [-0.15, -0.1) is 0 Å². The summed E-state index contributed by atoms with van der Waals surface area (Å²) in [6, 6.07) is 3.31. The van der Waals surface area contributed by atoms with E-state index >= 15 is 0 Å². The number of anilines is 1. The largest absolute Gasteiger partial charge is 0.478 e. The van der Waals surface area contributed by atoms with Gasteiger partial charge in [-0.3, -0.25) is 4.90 Å². The maximum atomic E-state index is 11.1. The molecule has 0 aromatic carbocycles. The van der Waals surface area contributed by atoms with Gasteiger partial charge in [-0.2, -0.15) is 0 Å². The third-order valence-corrected chi connectivity index (χ3v) is 3.06. The van der Waals surface area contributed by atoms with Crippen LogP contribution in [0.1, 0.15) is 17.3 Å². The van der Waals surface area contributed by atoms with Gasteiger partial charge in [-0.05, 0) is 19.1 Å². The van der Waals surface area contributed by atoms with Crippen LogP contribution >= 0.6 is 0 Å². The molecule has 0 radical (unpaired) electrons. The lowest BCUT2D eigenvalue weighted by Crippen LogP contribution is -2.42. The fourth-order valence-electron chi connectivity index (χ4n) is 2.14. The number of aromatic carboxylic acids is 1. The lowest BCUT2D eigenvalue weighted by atomic mass is 10.2. The van der Waals surface area contributed by atoms with Crippen molar-refractivity contribution in [3.05, 3.63) is 23.9 Å². The Hall–Kier alpha value is -1.66. The fraction of sp³-hybridized carbons (Fsp3) is 0.538. The minimum absolute atomic E-state index is 0.131. The quantitative estimate of drug-likeness (QED) is 0.824. The van der Waals surface area contributed by atoms with E-state index in [1.54, 1.807) is 18.3 Å². The van der Waals surface area contributed by atoms with Crippen molar-refractivity contribution in [2.75, 3.05) is 38.2 Å². The molecule has 2 heterocycles. The number of pyridine rings is 1. The second kappa shape index (κ2) is 6.49. The van der Waals surface area contributed by atoms with E-state index in [0.29, 0.717) is 5.82 Å². The van der Waals surface area contributed by atoms with Crippen molar-refractivity contribution in [3.63, 3.8) is 0 Å². The number of carboxylic acid groups (broad SMARTS) is 1. The first-order chi connectivity index (χ1) is 9.16. The Morgan fingerprint density at radius 2 is 2.32 bits per heavy atom. The molecule has 1 aromatic rings. The molecule has 1 saturated heterocycles. The van der Waals surface area contributed by atoms with Crippen LogP contribution in [-0.2, 0) is 4.74 Å². The number of rotatable bonds is 5. The number of hydrogen-bond acceptors (Lipinski definition) is 5. The minimum Gasteiger partial charge on any atom is -0.478 e. The van der Waals surface area contributed by atoms with Gasteiger partial charge in [-0.25, -0.2) is 9.78 Å². The molecule has 2 rings (SSSR count). The van der Waals surface area contributed by atoms with Crippen LogP contribution in [0.4, 0.5) is 5.82 Å². The predicted molar refractivity (Wildman–Crippen MR) is 71.5 cm³/mol. The van der Waals surface area contributed by atoms with Crippen LogP contribution in [0, 0.1) is 0 Å². The molecule has 1 atom stereocenters. The SMILES string of the molecule is CC(CN1CCOCC1)Nc1ncccc1C(=O)O. The number of carbonyl (C=O) groups is 1. The predicted octanol–water partition coefficient (Wildman–Crippen LogP) is 0.912. The Balaban J connectivity index is 1.94. The molecule has 1 fully saturated rings. The van der Waals surface area contributed by atoms with Crippen molar-refractivity contribution >= 4 is 11.8 Å². The average molecular weight is 265 g/mol. The normalized spacial score (nSPS) is 17.9. The van der Waals surface area contributed by atoms with Crippen molar-refractivity contribution in [3.8, 4) is 0 Å². The van der Waals surface area contributed by atoms with E-state index in [9.17, 15) is 4.79 Å². The molecule has 6 heteroatoms. The number of nitrogens with one attached hydrogen (secondary N) is 1. The van der Waals surface area contributed by atoms with Gasteiger partial charge in [0, 0.05) is 31.9 Å². The summed E-state index contributed by atoms with van der Waals surface area (Å²) in [5.41, 5.74) is 0.205. The van der Waals surface area contributed by atoms with E-state index in [1.807, 2.05) is 6.92 Å². The number of aromatic nitrogens is 1. The number of ether oxygens (including phenoxy) is 1. The Morgan fingerprint density at radius 3 is 3.00 bits per heavy atom. The van der Waals surface area contributed by atoms with Gasteiger partial charge in [0.05, 0.1) is 13.2 Å². The van der Waals surface area contributed by atoms with Crippen molar-refractivity contribution in [1.29, 1.82) is 0 Å². The lowest BCUT2D eigenvalue weighted by Gasteiger charge is -2.29. The Labute approximate surface area is 112 Å². The molecule has 2 N–H and O–H groups in total. The van der Waals surface area contributed by atoms with Crippen LogP contribution in [0.2, 0.25) is 0 Å². The first kappa shape index (κ1) is 13.8. The lowest BCUT2D eigenvalue weighted by molar-refractivity contribution is 0.0368. The molecule has 1 aromatic heterocycles. The molecule has 104 valence electrons. The first-order valence-electron chi connectivity index (χ1n) is 6.42. The smallest absolute Gasteiger partial charge is 0.339 e. The molecule has 1 unspecified atom stereocenters. The van der Waals surface area contributed by atoms with Gasteiger partial charge in [0.15, 0.2) is 0 Å². The van der Waals surface area contributed by atoms with Crippen molar-refractivity contribution < 1.29 is 14.6 Å². The van der Waals surface area contributed by atoms with E-state index in [2.05, 4.69) is 15.2 Å². The van der Waals surface area contributed by atoms with Gasteiger partial charge in [-0.1, -0.05) is 0 Å². The van der Waals surface area contributed by atoms with E-state index < -0.39 is 5.97 Å². The van der Waals surface area contributed by atoms with E-state index in [0.717, 1.165) is 32.8 Å². The Morgan fingerprint density at radius 1 is 1.58 bits per heavy atom. The van der Waals surface area contributed by atoms with Gasteiger partial charge in [0.1, 0.15) is 11.4 Å². The number of morpholine rings is 1. The Bertz CT molecular complexity index is 433. The van der Waals surface area contributed by atoms with Crippen LogP contribution in [0.5, 0.6) is 0 Å². The third-order valence-electron chi connectivity index (χ3n) is 3.06. The molecule has 1 aliphatic heterocycles. The highest BCUT2D eigenvalue weighted by atomic mass is 16.5. The van der Waals surface area contributed by atoms with Gasteiger partial charge < -0.3 is 15.2 Å². The topological polar surface area (TPSA) is 74.7 Å². The maximum Gasteiger partial charge on any atom is 0.339 e. The zero-order valence-corrected chi connectivity index (χ0v) is 11.0. The number of nitrogens with zero attached hydrogens (tertiary/aromatic N) is 2. The van der Waals surface area contributed by atoms with Gasteiger partial charge >= 0.3 is 5.97 Å². The van der Waals surface area contributed by atoms with E-state index in [4.69, 9.17) is 9.84 Å². The van der Waals surface area contributed by atoms with Crippen molar-refractivity contribution in [2.45, 2.75) is 13.0 Å². The molecular weight excluding hydrogens is 246 g/mol. The summed E-state index contributed by atoms with van der Waals surface area (Å²) in [5.74, 6) is -0.537. The van der Waals surface area contributed by atoms with Crippen molar-refractivity contribution in [1.82, 2.24) is 9.88 Å². The summed E-state index contributed by atoms with van der Waals surface area (Å²) in [6.07, 6.45) is 1.59. The second-order valence-corrected chi connectivity index (χ2v) is 4.66. The van der Waals surface area contributed by atoms with E-state index in [1.165, 1.54) is 0 Å². The highest BCUT2D eigenvalue weighted by Gasteiger charge is 2.16. The number of hydrogen-bond donors (Lipinski definition) is 2. The zero-order chi connectivity index (χ0) is 13.7. The molecule has 0 saturated carbocycles. The minimum atomic E-state index is -0.964. The molecule has 1 aliphatic rings. The summed E-state index contributed by atoms with van der Waals surface area (Å²) in [4.78, 5) is 17.5. The standard InChI is InChI=1S/C13H19N3O3/c1-10(9-16-5-7-19-8-6-16)15-12-11(13(17)18)3-2-4-14-12/h2-4,10H,5-9H2,1H3,(H,14,15)(H,17,18). The Kier molecular flexibility index (Phi) is 4.70. The summed E-state index contributed by atoms with van der Waals surface area (Å²) < 4.78 is 5.30. The zero-order valence-electron chi connectivity index (χ0n) is 11.0. The molecular formula is C13H19N3O3. The number of carboxylic acids is 1. The maximum absolute atomic E-state index is 11.1. The van der Waals surface area contributed by atoms with Gasteiger partial charge in [0.2, 0.25) is 0 Å². The molecule has 0 amide bonds. The monoisotopic (exact) mass is 265 g/mol. The summed E-state index contributed by atoms with van der Waals surface area (Å²) >= 11 is 0. The third kappa shape index (κ3) is 3.90. The first-order valence-corrected chi connectivity index (χ1v) is 6.42. The second-order valence-electron chi connectivity index (χ2n) is 4.66. The fourth-order valence-corrected chi connectivity index (χ4v) is 2.14. The molecule has 19 heavy (non-hydrogen) atoms. The van der Waals surface area contributed by atoms with Crippen LogP contribution in [-0.4, -0.2) is 59.8 Å². The van der Waals surface area contributed by atoms with Crippen LogP contribution in [0.15, 0.2) is 18.3 Å². The summed E-state index contributed by atoms with van der Waals surface area (Å²) in [7, 11) is 0. The van der Waals surface area contributed by atoms with Crippen LogP contribution in [0.25, 0.3) is 0 Å². The molecule has 0 bridgehead atoms. The van der Waals surface area contributed by atoms with Crippen LogP contribution < -0.4 is 5.32 Å². The summed E-state index contributed by atoms with van der Waals surface area (Å²) in [6.45, 7) is 6.22. The molecule has 0 spiro atoms. The molecule has 6 nitrogen and oxygen atoms in total. The van der Waals surface area contributed by atoms with E-state index in [-0.39, 0.29) is 11.6 Å². The average Bonchev–Trinajstić information content (AvgIpc) is 2.40. The summed E-state index contributed by atoms with van der Waals surface area (Å²) in [5, 5.41) is 12.3. The van der Waals surface area contributed by atoms with Gasteiger partial charge in [0.25, 0.3) is 0 Å². The highest BCUT2D eigenvalue weighted by Crippen LogP contribution is 2.13. The van der Waals surface area contributed by atoms with Crippen molar-refractivity contribution in [2.24, 2.45) is 0 Å². The highest BCUT2D eigenvalue weighted by molar-refractivity contribution is 5.93. The van der Waals surface area contributed by atoms with Crippen LogP contribution in [0.3, 0.4) is 0 Å². The molecule has 0 aliphatic carbocycles.